The maximum absolute atomic E-state index is 11.8. The lowest BCUT2D eigenvalue weighted by molar-refractivity contribution is -0.183. The number of rotatable bonds is 6. The topological polar surface area (TPSA) is 52.6 Å². The predicted octanol–water partition coefficient (Wildman–Crippen LogP) is 3.24. The molecular formula is C18H26O4. The van der Waals surface area contributed by atoms with Crippen LogP contribution in [0.1, 0.15) is 67.2 Å². The molecule has 0 fully saturated rings. The van der Waals surface area contributed by atoms with Crippen LogP contribution in [0.2, 0.25) is 0 Å². The smallest absolute Gasteiger partial charge is 0.418 e. The number of hydrogen-bond acceptors (Lipinski definition) is 4. The molecule has 0 aliphatic carbocycles. The Bertz CT molecular complexity index is 459. The second-order valence-electron chi connectivity index (χ2n) is 6.15. The lowest BCUT2D eigenvalue weighted by Crippen LogP contribution is -2.37. The summed E-state index contributed by atoms with van der Waals surface area (Å²) in [7, 11) is 0. The van der Waals surface area contributed by atoms with Gasteiger partial charge in [0, 0.05) is 12.8 Å². The summed E-state index contributed by atoms with van der Waals surface area (Å²) in [4.78, 5) is 23.7. The molecular weight excluding hydrogens is 280 g/mol. The highest BCUT2D eigenvalue weighted by atomic mass is 16.6. The highest BCUT2D eigenvalue weighted by Gasteiger charge is 2.31. The molecule has 0 aromatic heterocycles. The third-order valence-corrected chi connectivity index (χ3v) is 2.96. The normalized spacial score (nSPS) is 10.6. The first kappa shape index (κ1) is 20.1. The predicted molar refractivity (Wildman–Crippen MR) is 85.7 cm³/mol. The summed E-state index contributed by atoms with van der Waals surface area (Å²) < 4.78 is 10.4. The molecule has 22 heavy (non-hydrogen) atoms. The van der Waals surface area contributed by atoms with Crippen LogP contribution in [0.15, 0.2) is 0 Å². The molecule has 0 atom stereocenters. The van der Waals surface area contributed by atoms with Crippen LogP contribution in [0.3, 0.4) is 0 Å². The Morgan fingerprint density at radius 1 is 0.773 bits per heavy atom. The van der Waals surface area contributed by atoms with Crippen LogP contribution in [0, 0.1) is 23.7 Å². The molecule has 0 N–H and O–H groups in total. The van der Waals surface area contributed by atoms with Crippen LogP contribution in [0.4, 0.5) is 0 Å². The van der Waals surface area contributed by atoms with Gasteiger partial charge in [0.15, 0.2) is 0 Å². The summed E-state index contributed by atoms with van der Waals surface area (Å²) in [6.07, 6.45) is 2.32. The summed E-state index contributed by atoms with van der Waals surface area (Å²) in [6.45, 7) is 10.5. The fraction of sp³-hybridized carbons (Fsp3) is 0.667. The van der Waals surface area contributed by atoms with Crippen molar-refractivity contribution in [3.05, 3.63) is 0 Å². The molecule has 0 aromatic rings. The molecule has 0 spiro atoms. The molecule has 0 aromatic carbocycles. The van der Waals surface area contributed by atoms with Crippen molar-refractivity contribution >= 4 is 11.9 Å². The van der Waals surface area contributed by atoms with E-state index in [1.807, 2.05) is 0 Å². The largest absolute Gasteiger partial charge is 0.451 e. The summed E-state index contributed by atoms with van der Waals surface area (Å²) in [5.41, 5.74) is -1.50. The van der Waals surface area contributed by atoms with Gasteiger partial charge in [-0.25, -0.2) is 9.59 Å². The zero-order valence-corrected chi connectivity index (χ0v) is 14.5. The molecule has 4 nitrogen and oxygen atoms in total. The Kier molecular flexibility index (Phi) is 8.35. The Hall–Kier alpha value is -1.94. The van der Waals surface area contributed by atoms with Crippen molar-refractivity contribution < 1.29 is 19.1 Å². The van der Waals surface area contributed by atoms with E-state index in [2.05, 4.69) is 23.7 Å². The van der Waals surface area contributed by atoms with Gasteiger partial charge in [-0.2, -0.15) is 0 Å². The Morgan fingerprint density at radius 3 is 1.36 bits per heavy atom. The first-order valence-corrected chi connectivity index (χ1v) is 7.39. The van der Waals surface area contributed by atoms with Crippen LogP contribution >= 0.6 is 0 Å². The highest BCUT2D eigenvalue weighted by molar-refractivity contribution is 6.29. The van der Waals surface area contributed by atoms with Crippen LogP contribution in [-0.4, -0.2) is 23.1 Å². The molecule has 0 saturated heterocycles. The van der Waals surface area contributed by atoms with E-state index in [1.165, 1.54) is 0 Å². The second-order valence-corrected chi connectivity index (χ2v) is 6.15. The maximum Gasteiger partial charge on any atom is 0.418 e. The van der Waals surface area contributed by atoms with E-state index in [0.29, 0.717) is 25.7 Å². The Morgan fingerprint density at radius 2 is 1.09 bits per heavy atom. The monoisotopic (exact) mass is 306 g/mol. The van der Waals surface area contributed by atoms with E-state index in [0.717, 1.165) is 0 Å². The molecule has 122 valence electrons. The molecule has 0 aliphatic rings. The minimum absolute atomic E-state index is 0.558. The molecule has 0 bridgehead atoms. The van der Waals surface area contributed by atoms with Crippen molar-refractivity contribution in [2.75, 3.05) is 0 Å². The van der Waals surface area contributed by atoms with Crippen LogP contribution < -0.4 is 0 Å². The minimum Gasteiger partial charge on any atom is -0.451 e. The van der Waals surface area contributed by atoms with Crippen molar-refractivity contribution in [2.24, 2.45) is 0 Å². The van der Waals surface area contributed by atoms with Gasteiger partial charge in [0.1, 0.15) is 11.2 Å². The summed E-state index contributed by atoms with van der Waals surface area (Å²) >= 11 is 0. The third kappa shape index (κ3) is 9.08. The second kappa shape index (κ2) is 9.15. The average Bonchev–Trinajstić information content (AvgIpc) is 2.37. The van der Waals surface area contributed by atoms with Crippen molar-refractivity contribution in [3.63, 3.8) is 0 Å². The Labute approximate surface area is 133 Å². The fourth-order valence-electron chi connectivity index (χ4n) is 1.66. The van der Waals surface area contributed by atoms with Gasteiger partial charge in [-0.3, -0.25) is 0 Å². The van der Waals surface area contributed by atoms with Gasteiger partial charge in [-0.15, -0.1) is 23.7 Å². The molecule has 0 unspecified atom stereocenters. The molecule has 0 heterocycles. The number of esters is 2. The number of carbonyl (C=O) groups excluding carboxylic acids is 2. The molecule has 0 amide bonds. The van der Waals surface area contributed by atoms with Crippen LogP contribution in [-0.2, 0) is 19.1 Å². The Balaban J connectivity index is 4.48. The first-order valence-electron chi connectivity index (χ1n) is 7.39. The van der Waals surface area contributed by atoms with Crippen molar-refractivity contribution in [1.29, 1.82) is 0 Å². The molecule has 0 saturated carbocycles. The van der Waals surface area contributed by atoms with E-state index >= 15 is 0 Å². The van der Waals surface area contributed by atoms with Gasteiger partial charge >= 0.3 is 11.9 Å². The van der Waals surface area contributed by atoms with Crippen molar-refractivity contribution in [2.45, 2.75) is 78.4 Å². The van der Waals surface area contributed by atoms with Crippen LogP contribution in [0.5, 0.6) is 0 Å². The highest BCUT2D eigenvalue weighted by Crippen LogP contribution is 2.20. The molecule has 0 aliphatic heterocycles. The standard InChI is InChI=1S/C18H26O4/c1-7-9-11-13-17(3,4)21-15(19)16(20)22-18(5,6)14-12-10-8-2/h11-14H2,1-6H3. The summed E-state index contributed by atoms with van der Waals surface area (Å²) in [5, 5.41) is 0. The maximum atomic E-state index is 11.8. The van der Waals surface area contributed by atoms with E-state index in [9.17, 15) is 9.59 Å². The lowest BCUT2D eigenvalue weighted by atomic mass is 10.0. The molecule has 0 radical (unpaired) electrons. The van der Waals surface area contributed by atoms with Crippen LogP contribution in [0.25, 0.3) is 0 Å². The molecule has 4 heteroatoms. The van der Waals surface area contributed by atoms with Crippen molar-refractivity contribution in [1.82, 2.24) is 0 Å². The SMILES string of the molecule is CC#CCCC(C)(C)OC(=O)C(=O)OC(C)(C)CCC#CC. The fourth-order valence-corrected chi connectivity index (χ4v) is 1.66. The lowest BCUT2D eigenvalue weighted by Gasteiger charge is -2.26. The van der Waals surface area contributed by atoms with Gasteiger partial charge in [0.25, 0.3) is 0 Å². The summed E-state index contributed by atoms with van der Waals surface area (Å²) in [6, 6.07) is 0. The van der Waals surface area contributed by atoms with E-state index < -0.39 is 23.1 Å². The van der Waals surface area contributed by atoms with Crippen molar-refractivity contribution in [3.8, 4) is 23.7 Å². The van der Waals surface area contributed by atoms with Gasteiger partial charge in [0.05, 0.1) is 0 Å². The average molecular weight is 306 g/mol. The quantitative estimate of drug-likeness (QED) is 0.429. The minimum atomic E-state index is -0.968. The van der Waals surface area contributed by atoms with Gasteiger partial charge in [-0.1, -0.05) is 0 Å². The van der Waals surface area contributed by atoms with Gasteiger partial charge < -0.3 is 9.47 Å². The van der Waals surface area contributed by atoms with Gasteiger partial charge in [-0.05, 0) is 54.4 Å². The zero-order chi connectivity index (χ0) is 17.2. The van der Waals surface area contributed by atoms with E-state index in [-0.39, 0.29) is 0 Å². The zero-order valence-electron chi connectivity index (χ0n) is 14.5. The summed E-state index contributed by atoms with van der Waals surface area (Å²) in [5.74, 6) is 9.43. The number of carbonyl (C=O) groups is 2. The number of ether oxygens (including phenoxy) is 2. The number of hydrogen-bond donors (Lipinski definition) is 0. The van der Waals surface area contributed by atoms with Gasteiger partial charge in [0.2, 0.25) is 0 Å². The first-order chi connectivity index (χ1) is 10.1. The molecule has 0 rings (SSSR count). The van der Waals surface area contributed by atoms with E-state index in [4.69, 9.17) is 9.47 Å². The van der Waals surface area contributed by atoms with E-state index in [1.54, 1.807) is 41.5 Å². The third-order valence-electron chi connectivity index (χ3n) is 2.96.